The lowest BCUT2D eigenvalue weighted by atomic mass is 9.87. The van der Waals surface area contributed by atoms with Crippen molar-refractivity contribution < 1.29 is 32.8 Å². The van der Waals surface area contributed by atoms with E-state index in [1.54, 1.807) is 22.6 Å². The Morgan fingerprint density at radius 2 is 1.57 bits per heavy atom. The van der Waals surface area contributed by atoms with Crippen LogP contribution in [0.4, 0.5) is 5.69 Å². The third-order valence-electron chi connectivity index (χ3n) is 6.28. The van der Waals surface area contributed by atoms with E-state index in [-0.39, 0.29) is 45.9 Å². The van der Waals surface area contributed by atoms with Crippen LogP contribution in [0.3, 0.4) is 0 Å². The zero-order valence-electron chi connectivity index (χ0n) is 25.3. The molecule has 1 aromatic carbocycles. The predicted octanol–water partition coefficient (Wildman–Crippen LogP) is 4.69. The number of ketones is 1. The summed E-state index contributed by atoms with van der Waals surface area (Å²) >= 11 is 1.75. The summed E-state index contributed by atoms with van der Waals surface area (Å²) in [5.41, 5.74) is -0.197. The monoisotopic (exact) mass is 719 g/mol. The third-order valence-corrected chi connectivity index (χ3v) is 7.75. The van der Waals surface area contributed by atoms with E-state index in [4.69, 9.17) is 0 Å². The predicted molar refractivity (Wildman–Crippen MR) is 171 cm³/mol. The van der Waals surface area contributed by atoms with Gasteiger partial charge in [-0.1, -0.05) is 47.6 Å². The number of hydrogen-bond acceptors (Lipinski definition) is 8. The van der Waals surface area contributed by atoms with Crippen LogP contribution in [0.25, 0.3) is 0 Å². The molecule has 0 bridgehead atoms. The van der Waals surface area contributed by atoms with Crippen LogP contribution in [0.2, 0.25) is 0 Å². The topological polar surface area (TPSA) is 173 Å². The summed E-state index contributed by atoms with van der Waals surface area (Å²) in [5.74, 6) is -2.04. The molecule has 236 valence electrons. The molecule has 42 heavy (non-hydrogen) atoms. The van der Waals surface area contributed by atoms with Crippen molar-refractivity contribution in [2.75, 3.05) is 6.26 Å². The Labute approximate surface area is 262 Å². The normalized spacial score (nSPS) is 14.3. The maximum atomic E-state index is 13.5. The fourth-order valence-electron chi connectivity index (χ4n) is 4.52. The number of rotatable bonds is 17. The van der Waals surface area contributed by atoms with Crippen LogP contribution in [0, 0.1) is 37.4 Å². The van der Waals surface area contributed by atoms with Gasteiger partial charge >= 0.3 is 5.69 Å². The van der Waals surface area contributed by atoms with Gasteiger partial charge in [-0.2, -0.15) is 0 Å². The van der Waals surface area contributed by atoms with Crippen LogP contribution in [-0.4, -0.2) is 54.4 Å². The fourth-order valence-corrected chi connectivity index (χ4v) is 5.67. The SMILES string of the molecule is CC(C)C[C@H](CC(=O)[C@H](CC(C)C)NC(=O)Cc1cc([125I])c(O)c([N+](=O)[O-])c1)C(=O)N[C@H](/C=C/S(C)(=O)=O)CC(C)C. The quantitative estimate of drug-likeness (QED) is 0.118. The average molecular weight is 720 g/mol. The van der Waals surface area contributed by atoms with Crippen molar-refractivity contribution in [3.05, 3.63) is 42.9 Å². The summed E-state index contributed by atoms with van der Waals surface area (Å²) in [7, 11) is -3.39. The van der Waals surface area contributed by atoms with Gasteiger partial charge in [0.05, 0.1) is 21.0 Å². The lowest BCUT2D eigenvalue weighted by Gasteiger charge is -2.25. The number of nitrogens with one attached hydrogen (secondary N) is 2. The van der Waals surface area contributed by atoms with Crippen LogP contribution in [-0.2, 0) is 30.6 Å². The minimum Gasteiger partial charge on any atom is -0.501 e. The number of nitro benzene ring substituents is 1. The summed E-state index contributed by atoms with van der Waals surface area (Å²) < 4.78 is 23.5. The number of hydrogen-bond donors (Lipinski definition) is 3. The van der Waals surface area contributed by atoms with Gasteiger partial charge in [0, 0.05) is 36.1 Å². The van der Waals surface area contributed by atoms with Gasteiger partial charge in [-0.05, 0) is 71.2 Å². The van der Waals surface area contributed by atoms with Crippen molar-refractivity contribution in [2.24, 2.45) is 23.7 Å². The maximum Gasteiger partial charge on any atom is 0.312 e. The molecule has 0 saturated heterocycles. The Kier molecular flexibility index (Phi) is 15.1. The lowest BCUT2D eigenvalue weighted by Crippen LogP contribution is -2.45. The molecule has 0 aliphatic carbocycles. The highest BCUT2D eigenvalue weighted by Gasteiger charge is 2.30. The number of nitro groups is 1. The minimum atomic E-state index is -3.39. The first-order valence-corrected chi connectivity index (χ1v) is 17.0. The first kappa shape index (κ1) is 37.5. The van der Waals surface area contributed by atoms with Crippen LogP contribution in [0.5, 0.6) is 5.75 Å². The fraction of sp³-hybridized carbons (Fsp3) is 0.621. The molecule has 0 saturated carbocycles. The number of nitrogens with zero attached hydrogens (tertiary/aromatic N) is 1. The standard InChI is InChI=1S/C29H44IN3O8S/c1-17(2)10-21(29(37)31-22(11-18(3)4)8-9-42(7,40)41)16-26(34)24(12-19(5)6)32-27(35)15-20-13-23(30)28(36)25(14-20)33(38)39/h8-9,13-14,17-19,21-22,24,36H,10-12,15-16H2,1-7H3,(H,31,37)(H,32,35)/b9-8+/t21-,22-,24+/m1/s1/i30-2. The molecule has 0 radical (unpaired) electrons. The van der Waals surface area contributed by atoms with Crippen LogP contribution in [0.1, 0.15) is 72.8 Å². The molecular weight excluding hydrogens is 675 g/mol. The van der Waals surface area contributed by atoms with Crippen molar-refractivity contribution in [2.45, 2.75) is 85.7 Å². The molecule has 0 aromatic heterocycles. The van der Waals surface area contributed by atoms with E-state index >= 15 is 0 Å². The van der Waals surface area contributed by atoms with E-state index in [2.05, 4.69) is 10.6 Å². The molecule has 2 amide bonds. The summed E-state index contributed by atoms with van der Waals surface area (Å²) in [5, 5.41) is 27.9. The number of phenols is 1. The van der Waals surface area contributed by atoms with Crippen LogP contribution in [0.15, 0.2) is 23.6 Å². The zero-order valence-corrected chi connectivity index (χ0v) is 28.3. The Hall–Kier alpha value is -2.55. The number of sulfone groups is 1. The van der Waals surface area contributed by atoms with Crippen LogP contribution >= 0.6 is 22.6 Å². The molecule has 0 unspecified atom stereocenters. The van der Waals surface area contributed by atoms with Gasteiger partial charge in [0.15, 0.2) is 15.6 Å². The number of carbonyl (C=O) groups is 3. The molecule has 13 heteroatoms. The van der Waals surface area contributed by atoms with Gasteiger partial charge in [0.1, 0.15) is 0 Å². The van der Waals surface area contributed by atoms with Gasteiger partial charge in [-0.15, -0.1) is 0 Å². The van der Waals surface area contributed by atoms with E-state index in [1.807, 2.05) is 41.5 Å². The van der Waals surface area contributed by atoms with Gasteiger partial charge < -0.3 is 15.7 Å². The highest BCUT2D eigenvalue weighted by atomic mass is 125. The second-order valence-electron chi connectivity index (χ2n) is 12.0. The smallest absolute Gasteiger partial charge is 0.312 e. The van der Waals surface area contributed by atoms with Crippen molar-refractivity contribution in [1.29, 1.82) is 0 Å². The molecule has 0 heterocycles. The Morgan fingerprint density at radius 1 is 1.00 bits per heavy atom. The minimum absolute atomic E-state index is 0.0453. The first-order valence-electron chi connectivity index (χ1n) is 13.9. The number of phenolic OH excluding ortho intramolecular Hbond substituents is 1. The number of aromatic hydroxyl groups is 1. The number of benzene rings is 1. The Morgan fingerprint density at radius 3 is 2.07 bits per heavy atom. The molecule has 1 rings (SSSR count). The van der Waals surface area contributed by atoms with E-state index in [1.165, 1.54) is 12.1 Å². The number of carbonyl (C=O) groups excluding carboxylic acids is 3. The van der Waals surface area contributed by atoms with Gasteiger partial charge in [0.2, 0.25) is 17.6 Å². The summed E-state index contributed by atoms with van der Waals surface area (Å²) in [6.45, 7) is 11.6. The molecular formula is C29H44IN3O8S. The highest BCUT2D eigenvalue weighted by Crippen LogP contribution is 2.32. The van der Waals surface area contributed by atoms with Crippen molar-refractivity contribution >= 4 is 55.7 Å². The molecule has 0 aliphatic rings. The molecule has 11 nitrogen and oxygen atoms in total. The number of Topliss-reactive ketones (excluding diaryl/α,β-unsaturated/α-hetero) is 1. The molecule has 0 aliphatic heterocycles. The van der Waals surface area contributed by atoms with Crippen molar-refractivity contribution in [3.8, 4) is 5.75 Å². The van der Waals surface area contributed by atoms with Gasteiger partial charge in [-0.25, -0.2) is 8.42 Å². The number of amides is 2. The summed E-state index contributed by atoms with van der Waals surface area (Å²) in [4.78, 5) is 50.4. The van der Waals surface area contributed by atoms with E-state index in [0.717, 1.165) is 17.7 Å². The Balaban J connectivity index is 3.14. The summed E-state index contributed by atoms with van der Waals surface area (Å²) in [6, 6.07) is 1.20. The molecule has 0 fully saturated rings. The average Bonchev–Trinajstić information content (AvgIpc) is 2.82. The number of halogens is 1. The maximum absolute atomic E-state index is 13.5. The molecule has 1 aromatic rings. The van der Waals surface area contributed by atoms with Crippen molar-refractivity contribution in [3.63, 3.8) is 0 Å². The lowest BCUT2D eigenvalue weighted by molar-refractivity contribution is -0.386. The first-order chi connectivity index (χ1) is 19.3. The molecule has 0 spiro atoms. The van der Waals surface area contributed by atoms with Crippen LogP contribution < -0.4 is 10.6 Å². The van der Waals surface area contributed by atoms with Crippen molar-refractivity contribution in [1.82, 2.24) is 10.6 Å². The molecule has 3 N–H and O–H groups in total. The van der Waals surface area contributed by atoms with Gasteiger partial charge in [0.25, 0.3) is 0 Å². The van der Waals surface area contributed by atoms with E-state index in [0.29, 0.717) is 24.8 Å². The molecule has 3 atom stereocenters. The second kappa shape index (κ2) is 16.9. The van der Waals surface area contributed by atoms with E-state index < -0.39 is 50.1 Å². The largest absolute Gasteiger partial charge is 0.501 e. The Bertz CT molecular complexity index is 1260. The van der Waals surface area contributed by atoms with Gasteiger partial charge in [-0.3, -0.25) is 24.5 Å². The van der Waals surface area contributed by atoms with E-state index in [9.17, 15) is 38.0 Å². The zero-order chi connectivity index (χ0) is 32.4. The summed E-state index contributed by atoms with van der Waals surface area (Å²) in [6.07, 6.45) is 3.44. The highest BCUT2D eigenvalue weighted by molar-refractivity contribution is 14.1. The third kappa shape index (κ3) is 14.1. The second-order valence-corrected chi connectivity index (χ2v) is 15.1.